The molecule has 21 heavy (non-hydrogen) atoms. The zero-order chi connectivity index (χ0) is 14.8. The van der Waals surface area contributed by atoms with Crippen molar-refractivity contribution in [2.45, 2.75) is 6.54 Å². The molecule has 1 amide bonds. The molecule has 3 rings (SSSR count). The molecule has 1 heterocycles. The number of nitrogens with two attached hydrogens (primary N) is 2. The van der Waals surface area contributed by atoms with Crippen LogP contribution in [0.25, 0.3) is 0 Å². The maximum atomic E-state index is 11.1. The number of amides is 1. The van der Waals surface area contributed by atoms with Gasteiger partial charge in [0.1, 0.15) is 0 Å². The quantitative estimate of drug-likeness (QED) is 0.743. The Morgan fingerprint density at radius 1 is 1.14 bits per heavy atom. The van der Waals surface area contributed by atoms with Gasteiger partial charge in [0.05, 0.1) is 11.4 Å². The molecule has 2 aromatic rings. The molecule has 0 unspecified atom stereocenters. The highest BCUT2D eigenvalue weighted by Crippen LogP contribution is 2.32. The van der Waals surface area contributed by atoms with E-state index < -0.39 is 5.91 Å². The number of rotatable bonds is 4. The molecule has 0 radical (unpaired) electrons. The van der Waals surface area contributed by atoms with Crippen molar-refractivity contribution in [2.24, 2.45) is 5.73 Å². The van der Waals surface area contributed by atoms with Crippen LogP contribution in [-0.2, 0) is 6.54 Å². The second-order valence-electron chi connectivity index (χ2n) is 4.71. The summed E-state index contributed by atoms with van der Waals surface area (Å²) in [5, 5.41) is 3.21. The van der Waals surface area contributed by atoms with Gasteiger partial charge in [0, 0.05) is 12.1 Å². The Labute approximate surface area is 121 Å². The number of nitrogen functional groups attached to an aromatic ring is 1. The molecular formula is C15H15N3O3. The number of nitrogens with one attached hydrogen (secondary N) is 1. The van der Waals surface area contributed by atoms with Gasteiger partial charge >= 0.3 is 0 Å². The molecule has 1 aliphatic heterocycles. The highest BCUT2D eigenvalue weighted by atomic mass is 16.7. The molecular weight excluding hydrogens is 270 g/mol. The van der Waals surface area contributed by atoms with E-state index in [2.05, 4.69) is 5.32 Å². The summed E-state index contributed by atoms with van der Waals surface area (Å²) in [5.41, 5.74) is 13.8. The third-order valence-electron chi connectivity index (χ3n) is 3.26. The van der Waals surface area contributed by atoms with Crippen molar-refractivity contribution < 1.29 is 14.3 Å². The molecule has 1 aliphatic rings. The third-order valence-corrected chi connectivity index (χ3v) is 3.26. The minimum absolute atomic E-state index is 0.258. The Hall–Kier alpha value is -2.89. The van der Waals surface area contributed by atoms with Crippen LogP contribution >= 0.6 is 0 Å². The molecule has 0 bridgehead atoms. The SMILES string of the molecule is NC(=O)c1ccc(NCc2ccc3c(c2)OCO3)c(N)c1. The van der Waals surface area contributed by atoms with Crippen molar-refractivity contribution >= 4 is 17.3 Å². The van der Waals surface area contributed by atoms with Gasteiger partial charge < -0.3 is 26.3 Å². The lowest BCUT2D eigenvalue weighted by Crippen LogP contribution is -2.12. The molecule has 2 aromatic carbocycles. The topological polar surface area (TPSA) is 99.6 Å². The number of benzene rings is 2. The summed E-state index contributed by atoms with van der Waals surface area (Å²) in [6.07, 6.45) is 0. The normalized spacial score (nSPS) is 12.2. The Kier molecular flexibility index (Phi) is 3.27. The molecule has 6 heteroatoms. The van der Waals surface area contributed by atoms with Crippen LogP contribution in [0.5, 0.6) is 11.5 Å². The Bertz CT molecular complexity index is 701. The summed E-state index contributed by atoms with van der Waals surface area (Å²) >= 11 is 0. The van der Waals surface area contributed by atoms with E-state index >= 15 is 0 Å². The molecule has 0 spiro atoms. The van der Waals surface area contributed by atoms with Gasteiger partial charge in [-0.3, -0.25) is 4.79 Å². The maximum absolute atomic E-state index is 11.1. The van der Waals surface area contributed by atoms with Gasteiger partial charge in [-0.05, 0) is 35.9 Å². The van der Waals surface area contributed by atoms with E-state index in [1.807, 2.05) is 18.2 Å². The van der Waals surface area contributed by atoms with E-state index in [4.69, 9.17) is 20.9 Å². The zero-order valence-corrected chi connectivity index (χ0v) is 11.3. The van der Waals surface area contributed by atoms with Crippen molar-refractivity contribution in [1.29, 1.82) is 0 Å². The summed E-state index contributed by atoms with van der Waals surface area (Å²) in [5.74, 6) is 0.999. The number of carbonyl (C=O) groups excluding carboxylic acids is 1. The van der Waals surface area contributed by atoms with Gasteiger partial charge in [-0.15, -0.1) is 0 Å². The van der Waals surface area contributed by atoms with Gasteiger partial charge in [-0.25, -0.2) is 0 Å². The lowest BCUT2D eigenvalue weighted by Gasteiger charge is -2.10. The largest absolute Gasteiger partial charge is 0.454 e. The third kappa shape index (κ3) is 2.69. The molecule has 108 valence electrons. The van der Waals surface area contributed by atoms with Crippen molar-refractivity contribution in [3.63, 3.8) is 0 Å². The molecule has 5 N–H and O–H groups in total. The van der Waals surface area contributed by atoms with Gasteiger partial charge in [0.2, 0.25) is 12.7 Å². The number of hydrogen-bond acceptors (Lipinski definition) is 5. The smallest absolute Gasteiger partial charge is 0.248 e. The van der Waals surface area contributed by atoms with Crippen LogP contribution in [0, 0.1) is 0 Å². The Balaban J connectivity index is 1.71. The second kappa shape index (κ2) is 5.24. The van der Waals surface area contributed by atoms with E-state index in [1.165, 1.54) is 0 Å². The van der Waals surface area contributed by atoms with Gasteiger partial charge in [0.15, 0.2) is 11.5 Å². The first-order valence-electron chi connectivity index (χ1n) is 6.45. The average Bonchev–Trinajstić information content (AvgIpc) is 2.93. The second-order valence-corrected chi connectivity index (χ2v) is 4.71. The lowest BCUT2D eigenvalue weighted by atomic mass is 10.1. The first-order chi connectivity index (χ1) is 10.1. The van der Waals surface area contributed by atoms with Crippen molar-refractivity contribution in [3.8, 4) is 11.5 Å². The summed E-state index contributed by atoms with van der Waals surface area (Å²) < 4.78 is 10.6. The summed E-state index contributed by atoms with van der Waals surface area (Å²) in [7, 11) is 0. The maximum Gasteiger partial charge on any atom is 0.248 e. The lowest BCUT2D eigenvalue weighted by molar-refractivity contribution is 0.100. The van der Waals surface area contributed by atoms with Crippen molar-refractivity contribution in [1.82, 2.24) is 0 Å². The minimum atomic E-state index is -0.496. The number of hydrogen-bond donors (Lipinski definition) is 3. The van der Waals surface area contributed by atoms with Crippen LogP contribution < -0.4 is 26.3 Å². The van der Waals surface area contributed by atoms with Gasteiger partial charge in [-0.2, -0.15) is 0 Å². The Morgan fingerprint density at radius 2 is 1.95 bits per heavy atom. The van der Waals surface area contributed by atoms with Crippen LogP contribution in [0.3, 0.4) is 0 Å². The van der Waals surface area contributed by atoms with Crippen LogP contribution in [0.1, 0.15) is 15.9 Å². The van der Waals surface area contributed by atoms with E-state index in [-0.39, 0.29) is 6.79 Å². The van der Waals surface area contributed by atoms with E-state index in [0.29, 0.717) is 17.8 Å². The molecule has 6 nitrogen and oxygen atoms in total. The number of carbonyl (C=O) groups is 1. The molecule has 0 saturated carbocycles. The van der Waals surface area contributed by atoms with Crippen molar-refractivity contribution in [2.75, 3.05) is 17.8 Å². The fourth-order valence-corrected chi connectivity index (χ4v) is 2.13. The van der Waals surface area contributed by atoms with Crippen LogP contribution in [0.4, 0.5) is 11.4 Å². The van der Waals surface area contributed by atoms with Gasteiger partial charge in [-0.1, -0.05) is 6.07 Å². The molecule has 0 atom stereocenters. The molecule has 0 fully saturated rings. The predicted molar refractivity (Wildman–Crippen MR) is 79.3 cm³/mol. The van der Waals surface area contributed by atoms with Gasteiger partial charge in [0.25, 0.3) is 0 Å². The van der Waals surface area contributed by atoms with Crippen molar-refractivity contribution in [3.05, 3.63) is 47.5 Å². The standard InChI is InChI=1S/C15H15N3O3/c16-11-6-10(15(17)19)2-3-12(11)18-7-9-1-4-13-14(5-9)21-8-20-13/h1-6,18H,7-8,16H2,(H2,17,19). The van der Waals surface area contributed by atoms with Crippen LogP contribution in [0.2, 0.25) is 0 Å². The van der Waals surface area contributed by atoms with E-state index in [9.17, 15) is 4.79 Å². The molecule has 0 aromatic heterocycles. The summed E-state index contributed by atoms with van der Waals surface area (Å²) in [6, 6.07) is 10.7. The minimum Gasteiger partial charge on any atom is -0.454 e. The number of ether oxygens (including phenoxy) is 2. The number of fused-ring (bicyclic) bond motifs is 1. The van der Waals surface area contributed by atoms with E-state index in [1.54, 1.807) is 18.2 Å². The predicted octanol–water partition coefficient (Wildman–Crippen LogP) is 1.71. The van der Waals surface area contributed by atoms with E-state index in [0.717, 1.165) is 22.7 Å². The molecule has 0 saturated heterocycles. The highest BCUT2D eigenvalue weighted by molar-refractivity contribution is 5.94. The summed E-state index contributed by atoms with van der Waals surface area (Å²) in [4.78, 5) is 11.1. The molecule has 0 aliphatic carbocycles. The first-order valence-corrected chi connectivity index (χ1v) is 6.45. The first kappa shape index (κ1) is 13.1. The number of primary amides is 1. The fourth-order valence-electron chi connectivity index (χ4n) is 2.13. The Morgan fingerprint density at radius 3 is 2.71 bits per heavy atom. The zero-order valence-electron chi connectivity index (χ0n) is 11.3. The average molecular weight is 285 g/mol. The monoisotopic (exact) mass is 285 g/mol. The fraction of sp³-hybridized carbons (Fsp3) is 0.133. The highest BCUT2D eigenvalue weighted by Gasteiger charge is 2.13. The number of anilines is 2. The van der Waals surface area contributed by atoms with Crippen LogP contribution in [-0.4, -0.2) is 12.7 Å². The van der Waals surface area contributed by atoms with Crippen LogP contribution in [0.15, 0.2) is 36.4 Å². The summed E-state index contributed by atoms with van der Waals surface area (Å²) in [6.45, 7) is 0.838.